The van der Waals surface area contributed by atoms with Gasteiger partial charge in [0.05, 0.1) is 12.7 Å². The van der Waals surface area contributed by atoms with Gasteiger partial charge in [-0.3, -0.25) is 4.79 Å². The molecule has 5 nitrogen and oxygen atoms in total. The largest absolute Gasteiger partial charge is 0.508 e. The minimum absolute atomic E-state index is 0.0164. The molecule has 0 bridgehead atoms. The smallest absolute Gasteiger partial charge is 0.255 e. The number of methoxy groups -OCH3 is 1. The van der Waals surface area contributed by atoms with Crippen LogP contribution >= 0.6 is 0 Å². The Bertz CT molecular complexity index is 1080. The zero-order chi connectivity index (χ0) is 21.1. The number of rotatable bonds is 5. The molecule has 29 heavy (non-hydrogen) atoms. The summed E-state index contributed by atoms with van der Waals surface area (Å²) in [6, 6.07) is 10.8. The van der Waals surface area contributed by atoms with E-state index in [-0.39, 0.29) is 23.6 Å². The number of ether oxygens (including phenoxy) is 1. The highest BCUT2D eigenvalue weighted by molar-refractivity contribution is 5.98. The summed E-state index contributed by atoms with van der Waals surface area (Å²) in [7, 11) is 1.43. The molecule has 150 valence electrons. The number of amides is 1. The molecule has 0 aliphatic rings. The van der Waals surface area contributed by atoms with Gasteiger partial charge in [-0.1, -0.05) is 6.07 Å². The van der Waals surface area contributed by atoms with E-state index in [4.69, 9.17) is 4.74 Å². The van der Waals surface area contributed by atoms with Crippen LogP contribution in [0.15, 0.2) is 48.5 Å². The lowest BCUT2D eigenvalue weighted by molar-refractivity contribution is 0.0947. The molecule has 3 aromatic carbocycles. The van der Waals surface area contributed by atoms with Gasteiger partial charge in [0.15, 0.2) is 11.6 Å². The van der Waals surface area contributed by atoms with Crippen LogP contribution in [0.25, 0.3) is 11.1 Å². The molecule has 0 aliphatic carbocycles. The third-order valence-electron chi connectivity index (χ3n) is 4.53. The minimum Gasteiger partial charge on any atom is -0.508 e. The molecule has 3 rings (SSSR count). The molecule has 7 heteroatoms. The summed E-state index contributed by atoms with van der Waals surface area (Å²) in [5.74, 6) is -2.32. The van der Waals surface area contributed by atoms with Gasteiger partial charge < -0.3 is 20.3 Å². The van der Waals surface area contributed by atoms with Crippen molar-refractivity contribution in [2.45, 2.75) is 13.5 Å². The second-order valence-corrected chi connectivity index (χ2v) is 6.49. The number of halogens is 2. The fourth-order valence-electron chi connectivity index (χ4n) is 2.97. The van der Waals surface area contributed by atoms with E-state index >= 15 is 0 Å². The maximum Gasteiger partial charge on any atom is 0.255 e. The molecule has 0 radical (unpaired) electrons. The van der Waals surface area contributed by atoms with Crippen molar-refractivity contribution in [3.63, 3.8) is 0 Å². The predicted octanol–water partition coefficient (Wildman–Crippen LogP) is 4.29. The van der Waals surface area contributed by atoms with Crippen molar-refractivity contribution in [3.8, 4) is 28.4 Å². The van der Waals surface area contributed by atoms with E-state index < -0.39 is 17.5 Å². The molecular formula is C22H19F2NO4. The molecule has 0 spiro atoms. The van der Waals surface area contributed by atoms with Gasteiger partial charge in [-0.25, -0.2) is 8.78 Å². The van der Waals surface area contributed by atoms with Crippen LogP contribution in [-0.4, -0.2) is 23.2 Å². The minimum atomic E-state index is -0.980. The van der Waals surface area contributed by atoms with Gasteiger partial charge in [0.1, 0.15) is 17.2 Å². The number of hydrogen-bond donors (Lipinski definition) is 3. The fraction of sp³-hybridized carbons (Fsp3) is 0.136. The number of benzene rings is 3. The maximum atomic E-state index is 13.7. The van der Waals surface area contributed by atoms with Crippen LogP contribution in [0.1, 0.15) is 21.5 Å². The molecule has 3 N–H and O–H groups in total. The van der Waals surface area contributed by atoms with E-state index in [0.29, 0.717) is 22.4 Å². The number of carbonyl (C=O) groups is 1. The van der Waals surface area contributed by atoms with Crippen LogP contribution in [0.3, 0.4) is 0 Å². The summed E-state index contributed by atoms with van der Waals surface area (Å²) in [6.45, 7) is 1.79. The second kappa shape index (κ2) is 8.18. The van der Waals surface area contributed by atoms with E-state index in [1.54, 1.807) is 19.1 Å². The van der Waals surface area contributed by atoms with E-state index in [0.717, 1.165) is 17.7 Å². The Morgan fingerprint density at radius 1 is 1.03 bits per heavy atom. The zero-order valence-corrected chi connectivity index (χ0v) is 15.8. The second-order valence-electron chi connectivity index (χ2n) is 6.49. The average Bonchev–Trinajstić information content (AvgIpc) is 2.69. The summed E-state index contributed by atoms with van der Waals surface area (Å²) in [4.78, 5) is 12.7. The predicted molar refractivity (Wildman–Crippen MR) is 104 cm³/mol. The van der Waals surface area contributed by atoms with Crippen LogP contribution in [0.2, 0.25) is 0 Å². The van der Waals surface area contributed by atoms with E-state index in [2.05, 4.69) is 5.32 Å². The third kappa shape index (κ3) is 4.29. The number of nitrogens with one attached hydrogen (secondary N) is 1. The summed E-state index contributed by atoms with van der Waals surface area (Å²) in [5.41, 5.74) is 2.33. The van der Waals surface area contributed by atoms with E-state index in [9.17, 15) is 23.8 Å². The molecule has 3 aromatic rings. The summed E-state index contributed by atoms with van der Waals surface area (Å²) in [5, 5.41) is 21.9. The standard InChI is InChI=1S/C22H19F2NO4/c1-12-7-21(29-2)17(10-16(12)13-4-6-18(23)19(24)8-13)22(28)25-11-14-3-5-15(26)9-20(14)27/h3-10,26-27H,11H2,1-2H3,(H,25,28). The number of aromatic hydroxyl groups is 2. The van der Waals surface area contributed by atoms with Gasteiger partial charge in [0, 0.05) is 18.2 Å². The first-order valence-corrected chi connectivity index (χ1v) is 8.73. The normalized spacial score (nSPS) is 10.6. The van der Waals surface area contributed by atoms with Gasteiger partial charge in [-0.05, 0) is 60.0 Å². The molecule has 0 fully saturated rings. The van der Waals surface area contributed by atoms with Crippen molar-refractivity contribution in [3.05, 3.63) is 76.9 Å². The SMILES string of the molecule is COc1cc(C)c(-c2ccc(F)c(F)c2)cc1C(=O)NCc1ccc(O)cc1O. The van der Waals surface area contributed by atoms with E-state index in [1.807, 2.05) is 0 Å². The van der Waals surface area contributed by atoms with Crippen LogP contribution in [0.4, 0.5) is 8.78 Å². The van der Waals surface area contributed by atoms with Crippen LogP contribution in [0, 0.1) is 18.6 Å². The Kier molecular flexibility index (Phi) is 5.68. The van der Waals surface area contributed by atoms with Crippen molar-refractivity contribution in [1.29, 1.82) is 0 Å². The number of carbonyl (C=O) groups excluding carboxylic acids is 1. The third-order valence-corrected chi connectivity index (χ3v) is 4.53. The Balaban J connectivity index is 1.92. The molecule has 1 amide bonds. The summed E-state index contributed by atoms with van der Waals surface area (Å²) >= 11 is 0. The Labute approximate surface area is 166 Å². The van der Waals surface area contributed by atoms with Crippen molar-refractivity contribution in [1.82, 2.24) is 5.32 Å². The molecule has 0 aliphatic heterocycles. The van der Waals surface area contributed by atoms with Crippen LogP contribution < -0.4 is 10.1 Å². The maximum absolute atomic E-state index is 13.7. The van der Waals surface area contributed by atoms with Gasteiger partial charge in [0.2, 0.25) is 0 Å². The first-order chi connectivity index (χ1) is 13.8. The lowest BCUT2D eigenvalue weighted by atomic mass is 9.96. The summed E-state index contributed by atoms with van der Waals surface area (Å²) < 4.78 is 32.2. The van der Waals surface area contributed by atoms with Crippen molar-refractivity contribution >= 4 is 5.91 Å². The molecule has 0 atom stereocenters. The average molecular weight is 399 g/mol. The van der Waals surface area contributed by atoms with Crippen LogP contribution in [0.5, 0.6) is 17.2 Å². The van der Waals surface area contributed by atoms with Gasteiger partial charge >= 0.3 is 0 Å². The zero-order valence-electron chi connectivity index (χ0n) is 15.8. The molecule has 0 saturated carbocycles. The van der Waals surface area contributed by atoms with Gasteiger partial charge in [-0.15, -0.1) is 0 Å². The molecule has 0 saturated heterocycles. The topological polar surface area (TPSA) is 78.8 Å². The van der Waals surface area contributed by atoms with E-state index in [1.165, 1.54) is 31.4 Å². The Morgan fingerprint density at radius 3 is 2.45 bits per heavy atom. The first-order valence-electron chi connectivity index (χ1n) is 8.73. The Hall–Kier alpha value is -3.61. The highest BCUT2D eigenvalue weighted by Crippen LogP contribution is 2.31. The number of hydrogen-bond acceptors (Lipinski definition) is 4. The van der Waals surface area contributed by atoms with Gasteiger partial charge in [0.25, 0.3) is 5.91 Å². The highest BCUT2D eigenvalue weighted by atomic mass is 19.2. The number of aryl methyl sites for hydroxylation is 1. The van der Waals surface area contributed by atoms with Crippen molar-refractivity contribution < 1.29 is 28.5 Å². The quantitative estimate of drug-likeness (QED) is 0.598. The highest BCUT2D eigenvalue weighted by Gasteiger charge is 2.17. The first kappa shape index (κ1) is 20.1. The Morgan fingerprint density at radius 2 is 1.79 bits per heavy atom. The summed E-state index contributed by atoms with van der Waals surface area (Å²) in [6.07, 6.45) is 0. The fourth-order valence-corrected chi connectivity index (χ4v) is 2.97. The molecular weight excluding hydrogens is 380 g/mol. The lowest BCUT2D eigenvalue weighted by Gasteiger charge is -2.15. The molecule has 0 unspecified atom stereocenters. The molecule has 0 heterocycles. The monoisotopic (exact) mass is 399 g/mol. The van der Waals surface area contributed by atoms with Crippen molar-refractivity contribution in [2.75, 3.05) is 7.11 Å². The van der Waals surface area contributed by atoms with Crippen molar-refractivity contribution in [2.24, 2.45) is 0 Å². The lowest BCUT2D eigenvalue weighted by Crippen LogP contribution is -2.23. The van der Waals surface area contributed by atoms with Gasteiger partial charge in [-0.2, -0.15) is 0 Å². The van der Waals surface area contributed by atoms with Crippen LogP contribution in [-0.2, 0) is 6.54 Å². The molecule has 0 aromatic heterocycles. The number of phenols is 2. The number of phenolic OH excluding ortho intramolecular Hbond substituents is 2.